The van der Waals surface area contributed by atoms with Crippen LogP contribution in [0, 0.1) is 0 Å². The maximum absolute atomic E-state index is 11.4. The fourth-order valence-corrected chi connectivity index (χ4v) is 4.15. The first-order valence-electron chi connectivity index (χ1n) is 7.41. The van der Waals surface area contributed by atoms with Crippen molar-refractivity contribution in [2.24, 2.45) is 0 Å². The van der Waals surface area contributed by atoms with E-state index in [-0.39, 0.29) is 5.25 Å². The van der Waals surface area contributed by atoms with Crippen LogP contribution in [0.4, 0.5) is 0 Å². The monoisotopic (exact) mass is 329 g/mol. The van der Waals surface area contributed by atoms with Crippen molar-refractivity contribution in [3.8, 4) is 11.5 Å². The van der Waals surface area contributed by atoms with Crippen LogP contribution in [0.2, 0.25) is 0 Å². The van der Waals surface area contributed by atoms with Crippen molar-refractivity contribution in [2.75, 3.05) is 20.8 Å². The van der Waals surface area contributed by atoms with Gasteiger partial charge in [0.2, 0.25) is 6.41 Å². The molecule has 5 heteroatoms. The summed E-state index contributed by atoms with van der Waals surface area (Å²) in [4.78, 5) is 14.3. The zero-order chi connectivity index (χ0) is 16.2. The third kappa shape index (κ3) is 3.15. The first-order chi connectivity index (χ1) is 11.3. The number of fused-ring (bicyclic) bond motifs is 1. The third-order valence-electron chi connectivity index (χ3n) is 3.96. The Morgan fingerprint density at radius 1 is 1.13 bits per heavy atom. The van der Waals surface area contributed by atoms with Crippen molar-refractivity contribution < 1.29 is 14.3 Å². The number of thioether (sulfide) groups is 1. The largest absolute Gasteiger partial charge is 0.493 e. The molecule has 2 aromatic carbocycles. The molecule has 1 aliphatic rings. The highest BCUT2D eigenvalue weighted by molar-refractivity contribution is 7.99. The predicted octanol–water partition coefficient (Wildman–Crippen LogP) is 3.51. The lowest BCUT2D eigenvalue weighted by Crippen LogP contribution is -2.31. The number of rotatable bonds is 5. The van der Waals surface area contributed by atoms with Crippen LogP contribution >= 0.6 is 11.8 Å². The summed E-state index contributed by atoms with van der Waals surface area (Å²) in [7, 11) is 3.26. The molecule has 1 amide bonds. The molecule has 120 valence electrons. The molecule has 23 heavy (non-hydrogen) atoms. The molecule has 0 aliphatic carbocycles. The van der Waals surface area contributed by atoms with E-state index in [0.717, 1.165) is 17.7 Å². The Kier molecular flexibility index (Phi) is 4.76. The fraction of sp³-hybridized carbons (Fsp3) is 0.278. The van der Waals surface area contributed by atoms with Gasteiger partial charge in [0.15, 0.2) is 11.5 Å². The summed E-state index contributed by atoms with van der Waals surface area (Å²) in [6, 6.07) is 14.3. The summed E-state index contributed by atoms with van der Waals surface area (Å²) in [5.41, 5.74) is 2.23. The number of benzene rings is 2. The van der Waals surface area contributed by atoms with Crippen molar-refractivity contribution >= 4 is 18.2 Å². The Morgan fingerprint density at radius 3 is 2.57 bits per heavy atom. The standard InChI is InChI=1S/C18H19NO3S/c1-21-16-9-8-14-15(18(16)22-2)10-19(12-20)11-17(14)23-13-6-4-3-5-7-13/h3-9,12,17H,10-11H2,1-2H3. The molecular formula is C18H19NO3S. The summed E-state index contributed by atoms with van der Waals surface area (Å²) in [5, 5.41) is 0.172. The molecule has 0 aromatic heterocycles. The van der Waals surface area contributed by atoms with Gasteiger partial charge in [0, 0.05) is 23.5 Å². The Balaban J connectivity index is 2.01. The summed E-state index contributed by atoms with van der Waals surface area (Å²) in [6.45, 7) is 1.23. The number of amides is 1. The minimum atomic E-state index is 0.172. The highest BCUT2D eigenvalue weighted by Crippen LogP contribution is 2.45. The van der Waals surface area contributed by atoms with Crippen LogP contribution in [0.5, 0.6) is 11.5 Å². The maximum atomic E-state index is 11.4. The van der Waals surface area contributed by atoms with Gasteiger partial charge in [-0.2, -0.15) is 0 Å². The molecular weight excluding hydrogens is 310 g/mol. The molecule has 1 unspecified atom stereocenters. The van der Waals surface area contributed by atoms with Crippen LogP contribution in [-0.2, 0) is 11.3 Å². The van der Waals surface area contributed by atoms with E-state index >= 15 is 0 Å². The molecule has 1 aliphatic heterocycles. The molecule has 0 radical (unpaired) electrons. The van der Waals surface area contributed by atoms with Crippen LogP contribution in [0.15, 0.2) is 47.4 Å². The van der Waals surface area contributed by atoms with Gasteiger partial charge in [-0.15, -0.1) is 11.8 Å². The molecule has 4 nitrogen and oxygen atoms in total. The second kappa shape index (κ2) is 6.96. The van der Waals surface area contributed by atoms with Gasteiger partial charge in [0.1, 0.15) is 0 Å². The normalized spacial score (nSPS) is 16.6. The van der Waals surface area contributed by atoms with E-state index < -0.39 is 0 Å². The fourth-order valence-electron chi connectivity index (χ4n) is 2.89. The first kappa shape index (κ1) is 15.7. The number of carbonyl (C=O) groups excluding carboxylic acids is 1. The van der Waals surface area contributed by atoms with Crippen LogP contribution in [0.25, 0.3) is 0 Å². The molecule has 2 aromatic rings. The highest BCUT2D eigenvalue weighted by atomic mass is 32.2. The molecule has 0 spiro atoms. The van der Waals surface area contributed by atoms with Crippen LogP contribution in [0.3, 0.4) is 0 Å². The molecule has 0 N–H and O–H groups in total. The van der Waals surface area contributed by atoms with Gasteiger partial charge in [0.05, 0.1) is 19.5 Å². The topological polar surface area (TPSA) is 38.8 Å². The summed E-state index contributed by atoms with van der Waals surface area (Å²) >= 11 is 1.76. The summed E-state index contributed by atoms with van der Waals surface area (Å²) in [6.07, 6.45) is 0.903. The van der Waals surface area contributed by atoms with E-state index in [4.69, 9.17) is 9.47 Å². The van der Waals surface area contributed by atoms with E-state index in [1.807, 2.05) is 24.3 Å². The second-order valence-electron chi connectivity index (χ2n) is 5.32. The average Bonchev–Trinajstić information content (AvgIpc) is 2.61. The Bertz CT molecular complexity index is 690. The summed E-state index contributed by atoms with van der Waals surface area (Å²) < 4.78 is 10.9. The van der Waals surface area contributed by atoms with Crippen molar-refractivity contribution in [1.82, 2.24) is 4.90 Å². The molecule has 0 saturated heterocycles. The van der Waals surface area contributed by atoms with Gasteiger partial charge in [0.25, 0.3) is 0 Å². The maximum Gasteiger partial charge on any atom is 0.210 e. The second-order valence-corrected chi connectivity index (χ2v) is 6.60. The van der Waals surface area contributed by atoms with Crippen LogP contribution < -0.4 is 9.47 Å². The smallest absolute Gasteiger partial charge is 0.210 e. The average molecular weight is 329 g/mol. The number of nitrogens with zero attached hydrogens (tertiary/aromatic N) is 1. The molecule has 3 rings (SSSR count). The highest BCUT2D eigenvalue weighted by Gasteiger charge is 2.29. The third-order valence-corrected chi connectivity index (χ3v) is 5.20. The molecule has 0 fully saturated rings. The zero-order valence-corrected chi connectivity index (χ0v) is 14.0. The number of hydrogen-bond donors (Lipinski definition) is 0. The van der Waals surface area contributed by atoms with Crippen LogP contribution in [0.1, 0.15) is 16.4 Å². The van der Waals surface area contributed by atoms with Crippen molar-refractivity contribution in [3.63, 3.8) is 0 Å². The number of carbonyl (C=O) groups is 1. The van der Waals surface area contributed by atoms with Gasteiger partial charge < -0.3 is 14.4 Å². The molecule has 1 heterocycles. The van der Waals surface area contributed by atoms with Gasteiger partial charge in [-0.1, -0.05) is 24.3 Å². The number of ether oxygens (including phenoxy) is 2. The van der Waals surface area contributed by atoms with Gasteiger partial charge in [-0.05, 0) is 23.8 Å². The van der Waals surface area contributed by atoms with Crippen molar-refractivity contribution in [2.45, 2.75) is 16.7 Å². The SMILES string of the molecule is COc1ccc2c(c1OC)CN(C=O)CC2Sc1ccccc1. The minimum absolute atomic E-state index is 0.172. The Morgan fingerprint density at radius 2 is 1.91 bits per heavy atom. The zero-order valence-electron chi connectivity index (χ0n) is 13.2. The molecule has 1 atom stereocenters. The molecule has 0 saturated carbocycles. The van der Waals surface area contributed by atoms with Gasteiger partial charge >= 0.3 is 0 Å². The van der Waals surface area contributed by atoms with E-state index in [9.17, 15) is 4.79 Å². The number of hydrogen-bond acceptors (Lipinski definition) is 4. The predicted molar refractivity (Wildman–Crippen MR) is 91.1 cm³/mol. The Hall–Kier alpha value is -2.14. The Labute approximate surface area is 140 Å². The van der Waals surface area contributed by atoms with E-state index in [1.54, 1.807) is 30.9 Å². The lowest BCUT2D eigenvalue weighted by Gasteiger charge is -2.33. The van der Waals surface area contributed by atoms with Crippen LogP contribution in [-0.4, -0.2) is 32.1 Å². The van der Waals surface area contributed by atoms with Crippen molar-refractivity contribution in [3.05, 3.63) is 53.6 Å². The summed E-state index contributed by atoms with van der Waals surface area (Å²) in [5.74, 6) is 1.41. The lowest BCUT2D eigenvalue weighted by molar-refractivity contribution is -0.118. The van der Waals surface area contributed by atoms with E-state index in [0.29, 0.717) is 18.8 Å². The van der Waals surface area contributed by atoms with E-state index in [2.05, 4.69) is 18.2 Å². The minimum Gasteiger partial charge on any atom is -0.493 e. The quantitative estimate of drug-likeness (QED) is 0.787. The first-order valence-corrected chi connectivity index (χ1v) is 8.29. The van der Waals surface area contributed by atoms with E-state index in [1.165, 1.54) is 10.5 Å². The van der Waals surface area contributed by atoms with Gasteiger partial charge in [-0.25, -0.2) is 0 Å². The number of methoxy groups -OCH3 is 2. The van der Waals surface area contributed by atoms with Gasteiger partial charge in [-0.3, -0.25) is 4.79 Å². The molecule has 0 bridgehead atoms. The lowest BCUT2D eigenvalue weighted by atomic mass is 9.98. The van der Waals surface area contributed by atoms with Crippen molar-refractivity contribution in [1.29, 1.82) is 0 Å².